The van der Waals surface area contributed by atoms with Crippen molar-refractivity contribution in [2.24, 2.45) is 5.41 Å². The third-order valence-electron chi connectivity index (χ3n) is 3.30. The van der Waals surface area contributed by atoms with Crippen LogP contribution in [-0.4, -0.2) is 22.5 Å². The minimum absolute atomic E-state index is 0.00347. The number of carboxylic acid groups (broad SMARTS) is 1. The molecule has 0 aromatic rings. The lowest BCUT2D eigenvalue weighted by atomic mass is 9.86. The average Bonchev–Trinajstić information content (AvgIpc) is 2.49. The van der Waals surface area contributed by atoms with E-state index in [4.69, 9.17) is 5.11 Å². The molecule has 0 aromatic carbocycles. The summed E-state index contributed by atoms with van der Waals surface area (Å²) < 4.78 is 0. The highest BCUT2D eigenvalue weighted by molar-refractivity contribution is 5.83. The van der Waals surface area contributed by atoms with Gasteiger partial charge < -0.3 is 10.4 Å². The highest BCUT2D eigenvalue weighted by atomic mass is 16.4. The Labute approximate surface area is 96.4 Å². The number of aliphatic carboxylic acids is 1. The molecule has 0 aliphatic heterocycles. The molecule has 92 valence electrons. The van der Waals surface area contributed by atoms with Gasteiger partial charge in [-0.05, 0) is 26.7 Å². The third-order valence-corrected chi connectivity index (χ3v) is 3.30. The summed E-state index contributed by atoms with van der Waals surface area (Å²) in [6.45, 7) is 5.46. The zero-order valence-corrected chi connectivity index (χ0v) is 10.3. The molecule has 1 fully saturated rings. The molecule has 0 heterocycles. The van der Waals surface area contributed by atoms with Crippen LogP contribution in [0.3, 0.4) is 0 Å². The van der Waals surface area contributed by atoms with Crippen molar-refractivity contribution in [3.05, 3.63) is 0 Å². The van der Waals surface area contributed by atoms with E-state index in [-0.39, 0.29) is 17.7 Å². The number of carboxylic acids is 1. The van der Waals surface area contributed by atoms with Crippen LogP contribution in [0.25, 0.3) is 0 Å². The van der Waals surface area contributed by atoms with Crippen LogP contribution in [-0.2, 0) is 9.59 Å². The molecule has 1 aliphatic rings. The quantitative estimate of drug-likeness (QED) is 0.771. The van der Waals surface area contributed by atoms with Crippen LogP contribution in [0.2, 0.25) is 0 Å². The Morgan fingerprint density at radius 1 is 1.31 bits per heavy atom. The highest BCUT2D eigenvalue weighted by Gasteiger charge is 2.38. The summed E-state index contributed by atoms with van der Waals surface area (Å²) in [6, 6.07) is 0. The van der Waals surface area contributed by atoms with Crippen LogP contribution < -0.4 is 5.32 Å². The number of hydrogen-bond acceptors (Lipinski definition) is 2. The lowest BCUT2D eigenvalue weighted by Crippen LogP contribution is -2.50. The average molecular weight is 227 g/mol. The van der Waals surface area contributed by atoms with E-state index in [0.717, 1.165) is 25.7 Å². The summed E-state index contributed by atoms with van der Waals surface area (Å²) in [4.78, 5) is 22.7. The number of amides is 1. The molecular weight excluding hydrogens is 206 g/mol. The van der Waals surface area contributed by atoms with Crippen molar-refractivity contribution in [1.29, 1.82) is 0 Å². The third kappa shape index (κ3) is 3.22. The maximum Gasteiger partial charge on any atom is 0.305 e. The van der Waals surface area contributed by atoms with E-state index < -0.39 is 11.5 Å². The first-order valence-electron chi connectivity index (χ1n) is 5.80. The van der Waals surface area contributed by atoms with Gasteiger partial charge in [-0.15, -0.1) is 0 Å². The van der Waals surface area contributed by atoms with E-state index in [2.05, 4.69) is 5.32 Å². The predicted molar refractivity (Wildman–Crippen MR) is 61.0 cm³/mol. The van der Waals surface area contributed by atoms with Gasteiger partial charge in [-0.25, -0.2) is 0 Å². The van der Waals surface area contributed by atoms with Gasteiger partial charge in [0.05, 0.1) is 6.42 Å². The molecule has 0 radical (unpaired) electrons. The van der Waals surface area contributed by atoms with Crippen molar-refractivity contribution in [2.75, 3.05) is 0 Å². The van der Waals surface area contributed by atoms with Crippen LogP contribution in [0.4, 0.5) is 0 Å². The van der Waals surface area contributed by atoms with Gasteiger partial charge in [0.25, 0.3) is 0 Å². The van der Waals surface area contributed by atoms with Gasteiger partial charge in [0.1, 0.15) is 0 Å². The second kappa shape index (κ2) is 4.44. The van der Waals surface area contributed by atoms with Crippen molar-refractivity contribution < 1.29 is 14.7 Å². The van der Waals surface area contributed by atoms with E-state index in [0.29, 0.717) is 0 Å². The molecule has 0 saturated heterocycles. The van der Waals surface area contributed by atoms with E-state index in [1.54, 1.807) is 13.8 Å². The van der Waals surface area contributed by atoms with Crippen molar-refractivity contribution in [2.45, 2.75) is 58.4 Å². The molecule has 16 heavy (non-hydrogen) atoms. The minimum Gasteiger partial charge on any atom is -0.481 e. The molecule has 1 amide bonds. The predicted octanol–water partition coefficient (Wildman–Crippen LogP) is 1.94. The summed E-state index contributed by atoms with van der Waals surface area (Å²) in [7, 11) is 0. The van der Waals surface area contributed by atoms with Gasteiger partial charge in [-0.3, -0.25) is 9.59 Å². The van der Waals surface area contributed by atoms with Crippen LogP contribution in [0.15, 0.2) is 0 Å². The van der Waals surface area contributed by atoms with Crippen molar-refractivity contribution in [3.63, 3.8) is 0 Å². The second-order valence-electron chi connectivity index (χ2n) is 5.68. The number of rotatable bonds is 4. The van der Waals surface area contributed by atoms with Gasteiger partial charge in [0.15, 0.2) is 0 Å². The van der Waals surface area contributed by atoms with Crippen LogP contribution in [0.1, 0.15) is 52.9 Å². The summed E-state index contributed by atoms with van der Waals surface area (Å²) >= 11 is 0. The minimum atomic E-state index is -0.887. The smallest absolute Gasteiger partial charge is 0.305 e. The van der Waals surface area contributed by atoms with Crippen molar-refractivity contribution >= 4 is 11.9 Å². The fourth-order valence-electron chi connectivity index (χ4n) is 2.26. The summed E-state index contributed by atoms with van der Waals surface area (Å²) in [6.07, 6.45) is 3.94. The standard InChI is InChI=1S/C12H21NO3/c1-11(2,8-9(14)15)13-10(16)12(3)6-4-5-7-12/h4-8H2,1-3H3,(H,13,16)(H,14,15). The van der Waals surface area contributed by atoms with Crippen molar-refractivity contribution in [3.8, 4) is 0 Å². The van der Waals surface area contributed by atoms with Crippen molar-refractivity contribution in [1.82, 2.24) is 5.32 Å². The van der Waals surface area contributed by atoms with Crippen LogP contribution in [0.5, 0.6) is 0 Å². The topological polar surface area (TPSA) is 66.4 Å². The normalized spacial score (nSPS) is 19.4. The molecule has 0 spiro atoms. The Morgan fingerprint density at radius 2 is 1.81 bits per heavy atom. The van der Waals surface area contributed by atoms with Gasteiger partial charge in [-0.2, -0.15) is 0 Å². The SMILES string of the molecule is CC(C)(CC(=O)O)NC(=O)C1(C)CCCC1. The lowest BCUT2D eigenvalue weighted by Gasteiger charge is -2.30. The molecular formula is C12H21NO3. The first-order chi connectivity index (χ1) is 7.25. The monoisotopic (exact) mass is 227 g/mol. The maximum atomic E-state index is 12.1. The first-order valence-corrected chi connectivity index (χ1v) is 5.80. The Kier molecular flexibility index (Phi) is 3.61. The molecule has 0 atom stereocenters. The van der Waals surface area contributed by atoms with Gasteiger partial charge in [0.2, 0.25) is 5.91 Å². The fraction of sp³-hybridized carbons (Fsp3) is 0.833. The summed E-state index contributed by atoms with van der Waals surface area (Å²) in [5, 5.41) is 11.6. The number of carbonyl (C=O) groups is 2. The molecule has 0 unspecified atom stereocenters. The molecule has 1 aliphatic carbocycles. The molecule has 0 bridgehead atoms. The van der Waals surface area contributed by atoms with Gasteiger partial charge >= 0.3 is 5.97 Å². The zero-order valence-electron chi connectivity index (χ0n) is 10.3. The molecule has 0 aromatic heterocycles. The van der Waals surface area contributed by atoms with Gasteiger partial charge in [0, 0.05) is 11.0 Å². The van der Waals surface area contributed by atoms with E-state index in [9.17, 15) is 9.59 Å². The molecule has 4 heteroatoms. The molecule has 1 saturated carbocycles. The summed E-state index contributed by atoms with van der Waals surface area (Å²) in [5.41, 5.74) is -0.968. The summed E-state index contributed by atoms with van der Waals surface area (Å²) in [5.74, 6) is -0.891. The van der Waals surface area contributed by atoms with Crippen LogP contribution >= 0.6 is 0 Å². The van der Waals surface area contributed by atoms with E-state index in [1.165, 1.54) is 0 Å². The Morgan fingerprint density at radius 3 is 2.25 bits per heavy atom. The van der Waals surface area contributed by atoms with Gasteiger partial charge in [-0.1, -0.05) is 19.8 Å². The van der Waals surface area contributed by atoms with E-state index >= 15 is 0 Å². The van der Waals surface area contributed by atoms with E-state index in [1.807, 2.05) is 6.92 Å². The number of carbonyl (C=O) groups excluding carboxylic acids is 1. The zero-order chi connectivity index (χ0) is 12.4. The fourth-order valence-corrected chi connectivity index (χ4v) is 2.26. The number of hydrogen-bond donors (Lipinski definition) is 2. The Bertz CT molecular complexity index is 291. The first kappa shape index (κ1) is 13.0. The number of nitrogens with one attached hydrogen (secondary N) is 1. The second-order valence-corrected chi connectivity index (χ2v) is 5.68. The molecule has 4 nitrogen and oxygen atoms in total. The maximum absolute atomic E-state index is 12.1. The Balaban J connectivity index is 2.59. The lowest BCUT2D eigenvalue weighted by molar-refractivity contribution is -0.139. The largest absolute Gasteiger partial charge is 0.481 e. The van der Waals surface area contributed by atoms with Crippen LogP contribution in [0, 0.1) is 5.41 Å². The molecule has 1 rings (SSSR count). The highest BCUT2D eigenvalue weighted by Crippen LogP contribution is 2.38. The Hall–Kier alpha value is -1.06. The molecule has 2 N–H and O–H groups in total.